The monoisotopic (exact) mass is 501 g/mol. The van der Waals surface area contributed by atoms with Crippen LogP contribution in [0.1, 0.15) is 36.5 Å². The molecule has 0 N–H and O–H groups in total. The second-order valence-corrected chi connectivity index (χ2v) is 8.04. The van der Waals surface area contributed by atoms with Gasteiger partial charge in [-0.2, -0.15) is 0 Å². The van der Waals surface area contributed by atoms with E-state index in [9.17, 15) is 9.59 Å². The maximum atomic E-state index is 11.1. The molecule has 0 bridgehead atoms. The Balaban J connectivity index is 2.11. The summed E-state index contributed by atoms with van der Waals surface area (Å²) >= 11 is 6.99. The number of carbonyl (C=O) groups excluding carboxylic acids is 2. The van der Waals surface area contributed by atoms with Crippen molar-refractivity contribution in [2.24, 2.45) is 5.92 Å². The van der Waals surface area contributed by atoms with Crippen LogP contribution in [0.3, 0.4) is 0 Å². The molecule has 146 valence electrons. The second kappa shape index (κ2) is 10.0. The quantitative estimate of drug-likeness (QED) is 0.374. The number of hydrogen-bond acceptors (Lipinski definition) is 6. The van der Waals surface area contributed by atoms with E-state index >= 15 is 0 Å². The zero-order valence-electron chi connectivity index (χ0n) is 15.3. The molecule has 0 saturated carbocycles. The molecule has 2 rings (SSSR count). The lowest BCUT2D eigenvalue weighted by molar-refractivity contribution is -0.146. The molecule has 0 radical (unpaired) electrons. The zero-order valence-corrected chi connectivity index (χ0v) is 18.5. The van der Waals surface area contributed by atoms with Crippen LogP contribution in [0.5, 0.6) is 0 Å². The Morgan fingerprint density at radius 1 is 1.11 bits per heavy atom. The van der Waals surface area contributed by atoms with E-state index in [4.69, 9.17) is 13.9 Å². The van der Waals surface area contributed by atoms with Crippen molar-refractivity contribution in [3.63, 3.8) is 0 Å². The first-order chi connectivity index (χ1) is 12.8. The lowest BCUT2D eigenvalue weighted by atomic mass is 10.1. The van der Waals surface area contributed by atoms with Gasteiger partial charge in [0.1, 0.15) is 5.69 Å². The first kappa shape index (κ1) is 21.6. The highest BCUT2D eigenvalue weighted by Crippen LogP contribution is 2.36. The SMILES string of the molecule is CC(=O)OCC(COC(C)=O)CC(Br)c1nc(-c2ccc(C)cc2)c(Br)o1. The standard InChI is InChI=1S/C19H21Br2NO5/c1-11-4-6-15(7-5-11)17-18(21)27-19(22-17)16(20)8-14(9-25-12(2)23)10-26-13(3)24/h4-7,14,16H,8-10H2,1-3H3. The molecule has 1 aromatic heterocycles. The van der Waals surface area contributed by atoms with Gasteiger partial charge < -0.3 is 13.9 Å². The van der Waals surface area contributed by atoms with Crippen LogP contribution in [-0.2, 0) is 19.1 Å². The van der Waals surface area contributed by atoms with Crippen molar-refractivity contribution < 1.29 is 23.5 Å². The van der Waals surface area contributed by atoms with Crippen LogP contribution in [0, 0.1) is 12.8 Å². The molecule has 0 aliphatic carbocycles. The van der Waals surface area contributed by atoms with Crippen molar-refractivity contribution >= 4 is 43.8 Å². The fourth-order valence-electron chi connectivity index (χ4n) is 2.39. The topological polar surface area (TPSA) is 78.6 Å². The van der Waals surface area contributed by atoms with Gasteiger partial charge in [-0.3, -0.25) is 9.59 Å². The maximum Gasteiger partial charge on any atom is 0.302 e. The highest BCUT2D eigenvalue weighted by atomic mass is 79.9. The summed E-state index contributed by atoms with van der Waals surface area (Å²) < 4.78 is 16.4. The molecule has 1 aromatic carbocycles. The number of aryl methyl sites for hydroxylation is 1. The summed E-state index contributed by atoms with van der Waals surface area (Å²) in [4.78, 5) is 26.5. The Hall–Kier alpha value is -1.67. The van der Waals surface area contributed by atoms with E-state index in [0.29, 0.717) is 22.7 Å². The second-order valence-electron chi connectivity index (χ2n) is 6.21. The molecule has 0 fully saturated rings. The summed E-state index contributed by atoms with van der Waals surface area (Å²) in [5, 5.41) is 0. The van der Waals surface area contributed by atoms with Crippen LogP contribution < -0.4 is 0 Å². The third kappa shape index (κ3) is 6.77. The third-order valence-electron chi connectivity index (χ3n) is 3.78. The lowest BCUT2D eigenvalue weighted by Gasteiger charge is -2.18. The first-order valence-electron chi connectivity index (χ1n) is 8.40. The molecule has 1 heterocycles. The average molecular weight is 503 g/mol. The molecule has 0 spiro atoms. The first-order valence-corrected chi connectivity index (χ1v) is 10.1. The summed E-state index contributed by atoms with van der Waals surface area (Å²) in [5.41, 5.74) is 2.82. The van der Waals surface area contributed by atoms with E-state index in [2.05, 4.69) is 36.8 Å². The van der Waals surface area contributed by atoms with Crippen LogP contribution in [0.25, 0.3) is 11.3 Å². The molecule has 0 amide bonds. The van der Waals surface area contributed by atoms with E-state index < -0.39 is 0 Å². The molecule has 0 saturated heterocycles. The van der Waals surface area contributed by atoms with Crippen molar-refractivity contribution in [3.8, 4) is 11.3 Å². The molecule has 0 aliphatic rings. The average Bonchev–Trinajstić information content (AvgIpc) is 2.99. The molecule has 1 unspecified atom stereocenters. The van der Waals surface area contributed by atoms with E-state index in [1.54, 1.807) is 0 Å². The van der Waals surface area contributed by atoms with Crippen molar-refractivity contribution in [1.82, 2.24) is 4.98 Å². The minimum atomic E-state index is -0.380. The van der Waals surface area contributed by atoms with Gasteiger partial charge in [-0.05, 0) is 29.3 Å². The van der Waals surface area contributed by atoms with Crippen LogP contribution in [0.15, 0.2) is 33.4 Å². The molecule has 6 nitrogen and oxygen atoms in total. The minimum absolute atomic E-state index is 0.150. The summed E-state index contributed by atoms with van der Waals surface area (Å²) in [6.07, 6.45) is 0.515. The molecule has 0 aliphatic heterocycles. The van der Waals surface area contributed by atoms with Crippen molar-refractivity contribution in [2.75, 3.05) is 13.2 Å². The summed E-state index contributed by atoms with van der Waals surface area (Å²) in [6, 6.07) is 7.98. The van der Waals surface area contributed by atoms with Crippen LogP contribution in [0.2, 0.25) is 0 Å². The largest absolute Gasteiger partial charge is 0.465 e. The Morgan fingerprint density at radius 3 is 2.19 bits per heavy atom. The predicted octanol–water partition coefficient (Wildman–Crippen LogP) is 4.98. The van der Waals surface area contributed by atoms with Crippen LogP contribution >= 0.6 is 31.9 Å². The number of aromatic nitrogens is 1. The molecular formula is C19H21Br2NO5. The Bertz CT molecular complexity index is 770. The number of esters is 2. The van der Waals surface area contributed by atoms with E-state index in [1.807, 2.05) is 31.2 Å². The molecule has 1 atom stereocenters. The van der Waals surface area contributed by atoms with Crippen LogP contribution in [0.4, 0.5) is 0 Å². The van der Waals surface area contributed by atoms with Crippen molar-refractivity contribution in [1.29, 1.82) is 0 Å². The summed E-state index contributed by atoms with van der Waals surface area (Å²) in [7, 11) is 0. The van der Waals surface area contributed by atoms with E-state index in [0.717, 1.165) is 11.1 Å². The summed E-state index contributed by atoms with van der Waals surface area (Å²) in [6.45, 7) is 5.00. The van der Waals surface area contributed by atoms with Gasteiger partial charge in [0, 0.05) is 25.3 Å². The minimum Gasteiger partial charge on any atom is -0.465 e. The van der Waals surface area contributed by atoms with Gasteiger partial charge >= 0.3 is 11.9 Å². The lowest BCUT2D eigenvalue weighted by Crippen LogP contribution is -2.20. The zero-order chi connectivity index (χ0) is 20.0. The highest BCUT2D eigenvalue weighted by molar-refractivity contribution is 9.10. The van der Waals surface area contributed by atoms with Crippen LogP contribution in [-0.4, -0.2) is 30.1 Å². The Labute approximate surface area is 174 Å². The molecular weight excluding hydrogens is 482 g/mol. The van der Waals surface area contributed by atoms with Gasteiger partial charge in [0.05, 0.1) is 18.0 Å². The van der Waals surface area contributed by atoms with E-state index in [1.165, 1.54) is 13.8 Å². The summed E-state index contributed by atoms with van der Waals surface area (Å²) in [5.74, 6) is -0.451. The van der Waals surface area contributed by atoms with E-state index in [-0.39, 0.29) is 35.9 Å². The number of alkyl halides is 1. The molecule has 27 heavy (non-hydrogen) atoms. The number of ether oxygens (including phenoxy) is 2. The van der Waals surface area contributed by atoms with Crippen molar-refractivity contribution in [3.05, 3.63) is 40.4 Å². The van der Waals surface area contributed by atoms with Crippen molar-refractivity contribution in [2.45, 2.75) is 32.0 Å². The number of nitrogens with zero attached hydrogens (tertiary/aromatic N) is 1. The Kier molecular flexibility index (Phi) is 8.04. The smallest absolute Gasteiger partial charge is 0.302 e. The maximum absolute atomic E-state index is 11.1. The highest BCUT2D eigenvalue weighted by Gasteiger charge is 2.24. The Morgan fingerprint density at radius 2 is 1.67 bits per heavy atom. The number of halogens is 2. The fraction of sp³-hybridized carbons (Fsp3) is 0.421. The number of hydrogen-bond donors (Lipinski definition) is 0. The van der Waals surface area contributed by atoms with Gasteiger partial charge in [0.25, 0.3) is 0 Å². The van der Waals surface area contributed by atoms with Gasteiger partial charge in [-0.1, -0.05) is 45.8 Å². The molecule has 2 aromatic rings. The fourth-order valence-corrected chi connectivity index (χ4v) is 3.60. The predicted molar refractivity (Wildman–Crippen MR) is 107 cm³/mol. The number of oxazole rings is 1. The third-order valence-corrected chi connectivity index (χ3v) is 5.08. The van der Waals surface area contributed by atoms with Gasteiger partial charge in [0.2, 0.25) is 5.89 Å². The van der Waals surface area contributed by atoms with Gasteiger partial charge in [-0.15, -0.1) is 0 Å². The van der Waals surface area contributed by atoms with Gasteiger partial charge in [0.15, 0.2) is 4.67 Å². The van der Waals surface area contributed by atoms with Gasteiger partial charge in [-0.25, -0.2) is 4.98 Å². The number of carbonyl (C=O) groups is 2. The molecule has 8 heteroatoms. The number of benzene rings is 1. The normalized spacial score (nSPS) is 12.1. The number of rotatable bonds is 8.